The Kier molecular flexibility index (Phi) is 5.50. The highest BCUT2D eigenvalue weighted by atomic mass is 32.2. The molecule has 0 atom stereocenters. The van der Waals surface area contributed by atoms with Gasteiger partial charge in [-0.05, 0) is 31.5 Å². The molecule has 0 radical (unpaired) electrons. The zero-order chi connectivity index (χ0) is 14.5. The van der Waals surface area contributed by atoms with Gasteiger partial charge in [-0.1, -0.05) is 12.1 Å². The zero-order valence-electron chi connectivity index (χ0n) is 11.2. The second-order valence-electron chi connectivity index (χ2n) is 4.61. The summed E-state index contributed by atoms with van der Waals surface area (Å²) in [6, 6.07) is 7.13. The molecule has 0 saturated heterocycles. The van der Waals surface area contributed by atoms with Gasteiger partial charge in [0.1, 0.15) is 0 Å². The Morgan fingerprint density at radius 2 is 1.84 bits per heavy atom. The van der Waals surface area contributed by atoms with Crippen molar-refractivity contribution in [2.24, 2.45) is 5.73 Å². The van der Waals surface area contributed by atoms with Gasteiger partial charge in [0.15, 0.2) is 9.84 Å². The smallest absolute Gasteiger partial charge is 0.225 e. The predicted octanol–water partition coefficient (Wildman–Crippen LogP) is 1.30. The third-order valence-corrected chi connectivity index (χ3v) is 5.01. The predicted molar refractivity (Wildman–Crippen MR) is 76.5 cm³/mol. The molecule has 0 bridgehead atoms. The molecule has 0 aliphatic heterocycles. The first-order chi connectivity index (χ1) is 8.85. The summed E-state index contributed by atoms with van der Waals surface area (Å²) in [4.78, 5) is 11.6. The van der Waals surface area contributed by atoms with Gasteiger partial charge in [0.05, 0.1) is 11.0 Å². The Hall–Kier alpha value is -1.40. The van der Waals surface area contributed by atoms with Crippen molar-refractivity contribution in [1.82, 2.24) is 0 Å². The number of carbonyl (C=O) groups is 1. The van der Waals surface area contributed by atoms with E-state index in [0.717, 1.165) is 5.56 Å². The molecule has 1 aromatic rings. The van der Waals surface area contributed by atoms with Crippen LogP contribution in [0.2, 0.25) is 0 Å². The van der Waals surface area contributed by atoms with Crippen LogP contribution in [0.3, 0.4) is 0 Å². The first-order valence-corrected chi connectivity index (χ1v) is 7.87. The number of amides is 1. The van der Waals surface area contributed by atoms with Crippen molar-refractivity contribution in [3.8, 4) is 0 Å². The summed E-state index contributed by atoms with van der Waals surface area (Å²) >= 11 is 0. The Morgan fingerprint density at radius 3 is 2.32 bits per heavy atom. The lowest BCUT2D eigenvalue weighted by Crippen LogP contribution is -2.22. The fourth-order valence-electron chi connectivity index (χ4n) is 1.42. The number of nitrogens with one attached hydrogen (secondary N) is 1. The number of carbonyl (C=O) groups excluding carboxylic acids is 1. The van der Waals surface area contributed by atoms with Crippen LogP contribution >= 0.6 is 0 Å². The van der Waals surface area contributed by atoms with Crippen molar-refractivity contribution < 1.29 is 13.2 Å². The van der Waals surface area contributed by atoms with Crippen LogP contribution in [-0.4, -0.2) is 25.3 Å². The molecule has 106 valence electrons. The van der Waals surface area contributed by atoms with Gasteiger partial charge >= 0.3 is 0 Å². The van der Waals surface area contributed by atoms with E-state index in [0.29, 0.717) is 12.2 Å². The second kappa shape index (κ2) is 6.68. The summed E-state index contributed by atoms with van der Waals surface area (Å²) in [7, 11) is -3.17. The summed E-state index contributed by atoms with van der Waals surface area (Å²) in [5, 5.41) is 2.21. The lowest BCUT2D eigenvalue weighted by molar-refractivity contribution is -0.115. The van der Waals surface area contributed by atoms with Crippen molar-refractivity contribution in [2.75, 3.05) is 11.1 Å². The van der Waals surface area contributed by atoms with Crippen LogP contribution < -0.4 is 11.1 Å². The van der Waals surface area contributed by atoms with E-state index in [-0.39, 0.29) is 18.1 Å². The lowest BCUT2D eigenvalue weighted by Gasteiger charge is -2.08. The van der Waals surface area contributed by atoms with Crippen molar-refractivity contribution in [3.63, 3.8) is 0 Å². The molecule has 0 unspecified atom stereocenters. The molecule has 0 spiro atoms. The van der Waals surface area contributed by atoms with Gasteiger partial charge < -0.3 is 11.1 Å². The molecule has 1 rings (SSSR count). The molecular formula is C13H20N2O3S. The number of hydrogen-bond donors (Lipinski definition) is 2. The first-order valence-electron chi connectivity index (χ1n) is 6.15. The van der Waals surface area contributed by atoms with Gasteiger partial charge in [0.2, 0.25) is 5.91 Å². The van der Waals surface area contributed by atoms with Gasteiger partial charge in [0.25, 0.3) is 0 Å². The Labute approximate surface area is 114 Å². The summed E-state index contributed by atoms with van der Waals surface area (Å²) in [6.45, 7) is 3.67. The molecule has 1 aromatic carbocycles. The number of hydrogen-bond acceptors (Lipinski definition) is 4. The standard InChI is InChI=1S/C13H20N2O3S/c1-10(2)19(17,18)8-7-13(16)15-12-5-3-11(9-14)4-6-12/h3-6,10H,7-9,14H2,1-2H3,(H,15,16). The number of nitrogens with two attached hydrogens (primary N) is 1. The van der Waals surface area contributed by atoms with Gasteiger partial charge in [-0.2, -0.15) is 0 Å². The van der Waals surface area contributed by atoms with Crippen LogP contribution in [0, 0.1) is 0 Å². The fourth-order valence-corrected chi connectivity index (χ4v) is 2.36. The minimum atomic E-state index is -3.17. The molecule has 0 aliphatic carbocycles. The molecule has 5 nitrogen and oxygen atoms in total. The van der Waals surface area contributed by atoms with E-state index in [2.05, 4.69) is 5.32 Å². The van der Waals surface area contributed by atoms with Crippen LogP contribution in [0.5, 0.6) is 0 Å². The van der Waals surface area contributed by atoms with E-state index in [1.165, 1.54) is 0 Å². The molecule has 1 amide bonds. The van der Waals surface area contributed by atoms with Crippen LogP contribution in [0.4, 0.5) is 5.69 Å². The molecule has 0 heterocycles. The van der Waals surface area contributed by atoms with Gasteiger partial charge in [-0.25, -0.2) is 8.42 Å². The Balaban J connectivity index is 2.51. The van der Waals surface area contributed by atoms with Gasteiger partial charge in [-0.15, -0.1) is 0 Å². The average molecular weight is 284 g/mol. The number of rotatable bonds is 6. The van der Waals surface area contributed by atoms with E-state index in [1.807, 2.05) is 12.1 Å². The maximum atomic E-state index is 11.6. The van der Waals surface area contributed by atoms with Crippen LogP contribution in [0.1, 0.15) is 25.8 Å². The van der Waals surface area contributed by atoms with E-state index < -0.39 is 15.1 Å². The van der Waals surface area contributed by atoms with E-state index in [1.54, 1.807) is 26.0 Å². The first kappa shape index (κ1) is 15.7. The summed E-state index contributed by atoms with van der Waals surface area (Å²) < 4.78 is 23.2. The molecule has 0 aromatic heterocycles. The molecular weight excluding hydrogens is 264 g/mol. The number of anilines is 1. The van der Waals surface area contributed by atoms with Crippen LogP contribution in [0.25, 0.3) is 0 Å². The highest BCUT2D eigenvalue weighted by molar-refractivity contribution is 7.91. The lowest BCUT2D eigenvalue weighted by atomic mass is 10.2. The van der Waals surface area contributed by atoms with E-state index in [4.69, 9.17) is 5.73 Å². The summed E-state index contributed by atoms with van der Waals surface area (Å²) in [5.74, 6) is -0.429. The maximum absolute atomic E-state index is 11.6. The van der Waals surface area contributed by atoms with Crippen molar-refractivity contribution >= 4 is 21.4 Å². The molecule has 6 heteroatoms. The molecule has 0 saturated carbocycles. The van der Waals surface area contributed by atoms with Crippen molar-refractivity contribution in [3.05, 3.63) is 29.8 Å². The van der Waals surface area contributed by atoms with Crippen molar-refractivity contribution in [1.29, 1.82) is 0 Å². The summed E-state index contributed by atoms with van der Waals surface area (Å²) in [5.41, 5.74) is 7.09. The molecule has 0 aliphatic rings. The third kappa shape index (κ3) is 5.00. The van der Waals surface area contributed by atoms with E-state index >= 15 is 0 Å². The topological polar surface area (TPSA) is 89.3 Å². The minimum Gasteiger partial charge on any atom is -0.326 e. The van der Waals surface area contributed by atoms with Gasteiger partial charge in [0, 0.05) is 18.7 Å². The zero-order valence-corrected chi connectivity index (χ0v) is 12.0. The Morgan fingerprint density at radius 1 is 1.26 bits per heavy atom. The van der Waals surface area contributed by atoms with Gasteiger partial charge in [-0.3, -0.25) is 4.79 Å². The normalized spacial score (nSPS) is 11.6. The molecule has 3 N–H and O–H groups in total. The second-order valence-corrected chi connectivity index (χ2v) is 7.29. The highest BCUT2D eigenvalue weighted by Crippen LogP contribution is 2.10. The monoisotopic (exact) mass is 284 g/mol. The fraction of sp³-hybridized carbons (Fsp3) is 0.462. The van der Waals surface area contributed by atoms with Crippen molar-refractivity contribution in [2.45, 2.75) is 32.1 Å². The molecule has 19 heavy (non-hydrogen) atoms. The number of sulfone groups is 1. The van der Waals surface area contributed by atoms with Crippen LogP contribution in [-0.2, 0) is 21.2 Å². The highest BCUT2D eigenvalue weighted by Gasteiger charge is 2.17. The average Bonchev–Trinajstić information content (AvgIpc) is 2.37. The van der Waals surface area contributed by atoms with Crippen LogP contribution in [0.15, 0.2) is 24.3 Å². The van der Waals surface area contributed by atoms with E-state index in [9.17, 15) is 13.2 Å². The third-order valence-electron chi connectivity index (χ3n) is 2.81. The molecule has 0 fully saturated rings. The number of benzene rings is 1. The SMILES string of the molecule is CC(C)S(=O)(=O)CCC(=O)Nc1ccc(CN)cc1. The quantitative estimate of drug-likeness (QED) is 0.824. The largest absolute Gasteiger partial charge is 0.326 e. The summed E-state index contributed by atoms with van der Waals surface area (Å²) in [6.07, 6.45) is -0.0286. The Bertz CT molecular complexity index is 521. The minimum absolute atomic E-state index is 0.0286. The maximum Gasteiger partial charge on any atom is 0.225 e.